The van der Waals surface area contributed by atoms with E-state index in [1.165, 1.54) is 11.3 Å². The number of carbonyl (C=O) groups is 3. The molecule has 0 radical (unpaired) electrons. The van der Waals surface area contributed by atoms with Gasteiger partial charge in [0.15, 0.2) is 5.69 Å². The van der Waals surface area contributed by atoms with E-state index in [2.05, 4.69) is 19.0 Å². The summed E-state index contributed by atoms with van der Waals surface area (Å²) in [5.74, 6) is -2.54. The highest BCUT2D eigenvalue weighted by Crippen LogP contribution is 2.19. The van der Waals surface area contributed by atoms with Crippen LogP contribution >= 0.6 is 23.1 Å². The second kappa shape index (κ2) is 8.60. The minimum absolute atomic E-state index is 0.0523. The molecule has 8 nitrogen and oxygen atoms in total. The van der Waals surface area contributed by atoms with Gasteiger partial charge in [-0.1, -0.05) is 6.07 Å². The third kappa shape index (κ3) is 4.60. The predicted octanol–water partition coefficient (Wildman–Crippen LogP) is 1.45. The van der Waals surface area contributed by atoms with Gasteiger partial charge in [0.25, 0.3) is 11.8 Å². The zero-order chi connectivity index (χ0) is 19.2. The number of nitrogens with one attached hydrogen (secondary N) is 1. The Morgan fingerprint density at radius 2 is 2.04 bits per heavy atom. The van der Waals surface area contributed by atoms with E-state index in [4.69, 9.17) is 5.73 Å². The second-order valence-corrected chi connectivity index (χ2v) is 6.91. The molecule has 0 saturated carbocycles. The van der Waals surface area contributed by atoms with Crippen LogP contribution in [0.5, 0.6) is 0 Å². The monoisotopic (exact) mass is 401 g/mol. The van der Waals surface area contributed by atoms with E-state index in [0.717, 1.165) is 17.3 Å². The van der Waals surface area contributed by atoms with Crippen molar-refractivity contribution in [1.29, 1.82) is 0 Å². The van der Waals surface area contributed by atoms with Crippen LogP contribution in [0, 0.1) is 0 Å². The number of amides is 2. The number of primary amides is 1. The summed E-state index contributed by atoms with van der Waals surface area (Å²) in [4.78, 5) is 40.3. The molecule has 2 amide bonds. The van der Waals surface area contributed by atoms with Crippen LogP contribution in [-0.4, -0.2) is 37.4 Å². The highest BCUT2D eigenvalue weighted by atomic mass is 32.1. The van der Waals surface area contributed by atoms with Crippen LogP contribution in [-0.2, 0) is 16.0 Å². The second-order valence-electron chi connectivity index (χ2n) is 5.60. The summed E-state index contributed by atoms with van der Waals surface area (Å²) >= 11 is 2.40. The Balaban J connectivity index is 1.77. The number of Topliss-reactive ketones (excluding diaryl/α,β-unsaturated/α-hetero) is 1. The standard InChI is InChI=1S/C17H15N5O3S2/c18-16(24)15(23)12(5-4-10-6-8-26-9-10)20-17(25)14-13(21-27-22-14)11-3-1-2-7-19-11/h1-3,6-9,12H,4-5H2,(H2,18,24)(H,20,25). The fraction of sp³-hybridized carbons (Fsp3) is 0.176. The molecule has 138 valence electrons. The summed E-state index contributed by atoms with van der Waals surface area (Å²) in [6.45, 7) is 0. The number of thiophene rings is 1. The van der Waals surface area contributed by atoms with Crippen LogP contribution in [0.15, 0.2) is 41.2 Å². The normalized spacial score (nSPS) is 11.7. The molecule has 1 unspecified atom stereocenters. The maximum Gasteiger partial charge on any atom is 0.287 e. The van der Waals surface area contributed by atoms with E-state index in [0.29, 0.717) is 17.8 Å². The van der Waals surface area contributed by atoms with Crippen molar-refractivity contribution in [3.05, 3.63) is 52.5 Å². The van der Waals surface area contributed by atoms with Crippen molar-refractivity contribution in [2.24, 2.45) is 5.73 Å². The topological polar surface area (TPSA) is 128 Å². The SMILES string of the molecule is NC(=O)C(=O)C(CCc1ccsc1)NC(=O)c1nsnc1-c1ccccn1. The first kappa shape index (κ1) is 18.8. The first-order valence-electron chi connectivity index (χ1n) is 7.96. The Morgan fingerprint density at radius 1 is 1.19 bits per heavy atom. The van der Waals surface area contributed by atoms with Crippen LogP contribution in [0.25, 0.3) is 11.4 Å². The summed E-state index contributed by atoms with van der Waals surface area (Å²) in [6, 6.07) is 6.10. The van der Waals surface area contributed by atoms with Gasteiger partial charge in [-0.2, -0.15) is 20.1 Å². The molecule has 0 saturated heterocycles. The third-order valence-corrected chi connectivity index (χ3v) is 5.04. The first-order valence-corrected chi connectivity index (χ1v) is 9.63. The number of hydrogen-bond acceptors (Lipinski definition) is 8. The minimum atomic E-state index is -1.09. The van der Waals surface area contributed by atoms with E-state index >= 15 is 0 Å². The number of aromatic nitrogens is 3. The van der Waals surface area contributed by atoms with Crippen molar-refractivity contribution >= 4 is 40.7 Å². The van der Waals surface area contributed by atoms with Crippen LogP contribution in [0.1, 0.15) is 22.5 Å². The molecule has 1 atom stereocenters. The van der Waals surface area contributed by atoms with Gasteiger partial charge in [-0.25, -0.2) is 0 Å². The van der Waals surface area contributed by atoms with Crippen LogP contribution in [0.3, 0.4) is 0 Å². The maximum absolute atomic E-state index is 12.7. The summed E-state index contributed by atoms with van der Waals surface area (Å²) in [6.07, 6.45) is 2.35. The Hall–Kier alpha value is -2.98. The lowest BCUT2D eigenvalue weighted by atomic mass is 10.0. The summed E-state index contributed by atoms with van der Waals surface area (Å²) in [5.41, 5.74) is 7.01. The zero-order valence-electron chi connectivity index (χ0n) is 14.0. The molecule has 0 bridgehead atoms. The number of carbonyl (C=O) groups excluding carboxylic acids is 3. The summed E-state index contributed by atoms with van der Waals surface area (Å²) in [7, 11) is 0. The molecule has 0 fully saturated rings. The van der Waals surface area contributed by atoms with E-state index < -0.39 is 23.6 Å². The zero-order valence-corrected chi connectivity index (χ0v) is 15.6. The van der Waals surface area contributed by atoms with Crippen molar-refractivity contribution < 1.29 is 14.4 Å². The molecule has 0 aliphatic carbocycles. The molecule has 3 aromatic heterocycles. The van der Waals surface area contributed by atoms with E-state index in [1.54, 1.807) is 24.4 Å². The van der Waals surface area contributed by atoms with Gasteiger partial charge in [-0.05, 0) is 47.4 Å². The van der Waals surface area contributed by atoms with Gasteiger partial charge in [0, 0.05) is 6.20 Å². The molecular formula is C17H15N5O3S2. The van der Waals surface area contributed by atoms with Crippen molar-refractivity contribution in [2.75, 3.05) is 0 Å². The lowest BCUT2D eigenvalue weighted by Crippen LogP contribution is -2.46. The van der Waals surface area contributed by atoms with E-state index in [9.17, 15) is 14.4 Å². The molecule has 27 heavy (non-hydrogen) atoms. The van der Waals surface area contributed by atoms with Gasteiger partial charge < -0.3 is 11.1 Å². The fourth-order valence-corrected chi connectivity index (χ4v) is 3.68. The largest absolute Gasteiger partial charge is 0.363 e. The van der Waals surface area contributed by atoms with Crippen LogP contribution in [0.4, 0.5) is 0 Å². The number of rotatable bonds is 8. The van der Waals surface area contributed by atoms with Crippen LogP contribution < -0.4 is 11.1 Å². The number of nitrogens with zero attached hydrogens (tertiary/aromatic N) is 3. The smallest absolute Gasteiger partial charge is 0.287 e. The molecule has 0 aromatic carbocycles. The van der Waals surface area contributed by atoms with Crippen molar-refractivity contribution in [3.63, 3.8) is 0 Å². The van der Waals surface area contributed by atoms with Crippen LogP contribution in [0.2, 0.25) is 0 Å². The fourth-order valence-electron chi connectivity index (χ4n) is 2.42. The molecular weight excluding hydrogens is 386 g/mol. The number of ketones is 1. The van der Waals surface area contributed by atoms with Crippen molar-refractivity contribution in [2.45, 2.75) is 18.9 Å². The molecule has 0 aliphatic rings. The van der Waals surface area contributed by atoms with Gasteiger partial charge >= 0.3 is 0 Å². The Kier molecular flexibility index (Phi) is 5.99. The van der Waals surface area contributed by atoms with Crippen molar-refractivity contribution in [3.8, 4) is 11.4 Å². The molecule has 0 aliphatic heterocycles. The van der Waals surface area contributed by atoms with E-state index in [1.807, 2.05) is 16.8 Å². The van der Waals surface area contributed by atoms with Crippen molar-refractivity contribution in [1.82, 2.24) is 19.0 Å². The third-order valence-electron chi connectivity index (χ3n) is 3.78. The number of pyridine rings is 1. The molecule has 3 rings (SSSR count). The van der Waals surface area contributed by atoms with Gasteiger partial charge in [0.1, 0.15) is 5.69 Å². The van der Waals surface area contributed by atoms with Gasteiger partial charge in [-0.15, -0.1) is 0 Å². The first-order chi connectivity index (χ1) is 13.1. The molecule has 3 aromatic rings. The summed E-state index contributed by atoms with van der Waals surface area (Å²) in [5, 5.41) is 6.42. The average Bonchev–Trinajstić information content (AvgIpc) is 3.36. The lowest BCUT2D eigenvalue weighted by molar-refractivity contribution is -0.137. The number of hydrogen-bond donors (Lipinski definition) is 2. The Bertz CT molecular complexity index is 941. The average molecular weight is 401 g/mol. The van der Waals surface area contributed by atoms with Gasteiger partial charge in [0.2, 0.25) is 5.78 Å². The number of aryl methyl sites for hydroxylation is 1. The molecule has 0 spiro atoms. The maximum atomic E-state index is 12.7. The lowest BCUT2D eigenvalue weighted by Gasteiger charge is -2.15. The Morgan fingerprint density at radius 3 is 2.70 bits per heavy atom. The quantitative estimate of drug-likeness (QED) is 0.550. The summed E-state index contributed by atoms with van der Waals surface area (Å²) < 4.78 is 8.13. The predicted molar refractivity (Wildman–Crippen MR) is 101 cm³/mol. The number of nitrogens with two attached hydrogens (primary N) is 1. The minimum Gasteiger partial charge on any atom is -0.363 e. The van der Waals surface area contributed by atoms with Gasteiger partial charge in [-0.3, -0.25) is 19.4 Å². The van der Waals surface area contributed by atoms with E-state index in [-0.39, 0.29) is 12.1 Å². The molecule has 10 heteroatoms. The molecule has 3 heterocycles. The Labute approximate surface area is 162 Å². The highest BCUT2D eigenvalue weighted by molar-refractivity contribution is 7.07. The van der Waals surface area contributed by atoms with Gasteiger partial charge in [0.05, 0.1) is 23.5 Å². The highest BCUT2D eigenvalue weighted by Gasteiger charge is 2.28. The molecule has 3 N–H and O–H groups in total.